The molecule has 0 bridgehead atoms. The molecule has 0 unspecified atom stereocenters. The second-order valence-corrected chi connectivity index (χ2v) is 23.4. The molecule has 1 aliphatic rings. The van der Waals surface area contributed by atoms with Crippen molar-refractivity contribution < 1.29 is 9.31 Å². The summed E-state index contributed by atoms with van der Waals surface area (Å²) in [7, 11) is -0.377. The van der Waals surface area contributed by atoms with E-state index in [1.54, 1.807) is 0 Å². The lowest BCUT2D eigenvalue weighted by atomic mass is 9.79. The molecule has 1 saturated heterocycles. The van der Waals surface area contributed by atoms with Gasteiger partial charge in [0.25, 0.3) is 0 Å². The van der Waals surface area contributed by atoms with Gasteiger partial charge >= 0.3 is 7.12 Å². The quantitative estimate of drug-likeness (QED) is 0.0691. The van der Waals surface area contributed by atoms with E-state index in [0.29, 0.717) is 0 Å². The van der Waals surface area contributed by atoms with Gasteiger partial charge in [-0.15, -0.1) is 0 Å². The van der Waals surface area contributed by atoms with Crippen LogP contribution in [0.25, 0.3) is 65.3 Å². The van der Waals surface area contributed by atoms with Crippen molar-refractivity contribution in [1.82, 2.24) is 0 Å². The number of anilines is 9. The van der Waals surface area contributed by atoms with E-state index >= 15 is 0 Å². The smallest absolute Gasteiger partial charge is 0.399 e. The average Bonchev–Trinajstić information content (AvgIpc) is 0.978. The first-order valence-corrected chi connectivity index (χ1v) is 30.3. The molecular weight excluding hydrogens is 1070 g/mol. The van der Waals surface area contributed by atoms with Gasteiger partial charge in [0.1, 0.15) is 0 Å². The first kappa shape index (κ1) is 55.4. The van der Waals surface area contributed by atoms with Crippen LogP contribution in [0.4, 0.5) is 51.2 Å². The molecule has 1 heterocycles. The van der Waals surface area contributed by atoms with Crippen LogP contribution < -0.4 is 20.2 Å². The number of nitrogens with zero attached hydrogens (tertiary/aromatic N) is 3. The zero-order valence-corrected chi connectivity index (χ0v) is 49.9. The minimum absolute atomic E-state index is 0.355. The Morgan fingerprint density at radius 1 is 0.239 bits per heavy atom. The molecule has 5 nitrogen and oxygen atoms in total. The molecule has 0 atom stereocenters. The van der Waals surface area contributed by atoms with Gasteiger partial charge in [0, 0.05) is 51.2 Å². The van der Waals surface area contributed by atoms with Crippen molar-refractivity contribution in [3.05, 3.63) is 328 Å². The van der Waals surface area contributed by atoms with Gasteiger partial charge in [0.15, 0.2) is 0 Å². The Labute approximate surface area is 516 Å². The lowest BCUT2D eigenvalue weighted by molar-refractivity contribution is 0.00578. The first-order chi connectivity index (χ1) is 43.2. The minimum Gasteiger partial charge on any atom is -0.399 e. The number of benzene rings is 14. The van der Waals surface area contributed by atoms with Gasteiger partial charge in [0.05, 0.1) is 11.2 Å². The molecule has 0 aliphatic carbocycles. The molecule has 88 heavy (non-hydrogen) atoms. The van der Waals surface area contributed by atoms with E-state index in [1.807, 2.05) is 12.1 Å². The van der Waals surface area contributed by atoms with Crippen LogP contribution in [0.15, 0.2) is 328 Å². The third-order valence-electron chi connectivity index (χ3n) is 17.4. The van der Waals surface area contributed by atoms with E-state index in [2.05, 4.69) is 358 Å². The maximum Gasteiger partial charge on any atom is 0.494 e. The maximum absolute atomic E-state index is 6.26. The number of hydrogen-bond donors (Lipinski definition) is 0. The molecule has 15 rings (SSSR count). The van der Waals surface area contributed by atoms with Crippen molar-refractivity contribution >= 4 is 107 Å². The highest BCUT2D eigenvalue weighted by atomic mass is 16.7. The van der Waals surface area contributed by atoms with Crippen LogP contribution in [0.5, 0.6) is 0 Å². The molecular formula is C82H66BN3O2. The highest BCUT2D eigenvalue weighted by Gasteiger charge is 2.51. The van der Waals surface area contributed by atoms with Crippen molar-refractivity contribution in [3.63, 3.8) is 0 Å². The first-order valence-electron chi connectivity index (χ1n) is 30.3. The van der Waals surface area contributed by atoms with Gasteiger partial charge in [-0.2, -0.15) is 0 Å². The summed E-state index contributed by atoms with van der Waals surface area (Å²) in [5, 5.41) is 9.95. The number of hydrogen-bond acceptors (Lipinski definition) is 5. The van der Waals surface area contributed by atoms with E-state index in [0.717, 1.165) is 56.6 Å². The van der Waals surface area contributed by atoms with E-state index < -0.39 is 0 Å². The Kier molecular flexibility index (Phi) is 14.9. The molecule has 0 N–H and O–H groups in total. The summed E-state index contributed by atoms with van der Waals surface area (Å²) in [4.78, 5) is 6.95. The third-order valence-corrected chi connectivity index (χ3v) is 17.4. The zero-order chi connectivity index (χ0) is 59.6. The van der Waals surface area contributed by atoms with E-state index in [-0.39, 0.29) is 18.3 Å². The molecule has 14 aromatic carbocycles. The molecule has 0 saturated carbocycles. The molecule has 14 aromatic rings. The molecule has 6 heteroatoms. The van der Waals surface area contributed by atoms with Gasteiger partial charge in [-0.3, -0.25) is 0 Å². The van der Waals surface area contributed by atoms with Crippen LogP contribution in [0.1, 0.15) is 27.7 Å². The van der Waals surface area contributed by atoms with Crippen molar-refractivity contribution in [3.8, 4) is 22.3 Å². The highest BCUT2D eigenvalue weighted by Crippen LogP contribution is 2.51. The van der Waals surface area contributed by atoms with E-state index in [9.17, 15) is 0 Å². The molecule has 0 spiro atoms. The van der Waals surface area contributed by atoms with Crippen LogP contribution in [0.2, 0.25) is 0 Å². The third kappa shape index (κ3) is 10.5. The summed E-state index contributed by atoms with van der Waals surface area (Å²) < 4.78 is 12.5. The second-order valence-electron chi connectivity index (χ2n) is 23.4. The Hall–Kier alpha value is -10.5. The fraction of sp³-hybridized carbons (Fsp3) is 0.0732. The second kappa shape index (κ2) is 23.8. The zero-order valence-electron chi connectivity index (χ0n) is 49.9. The van der Waals surface area contributed by atoms with Crippen LogP contribution in [-0.2, 0) is 9.31 Å². The fourth-order valence-electron chi connectivity index (χ4n) is 12.6. The monoisotopic (exact) mass is 1140 g/mol. The highest BCUT2D eigenvalue weighted by molar-refractivity contribution is 6.62. The van der Waals surface area contributed by atoms with E-state index in [4.69, 9.17) is 9.31 Å². The topological polar surface area (TPSA) is 28.2 Å². The predicted octanol–water partition coefficient (Wildman–Crippen LogP) is 22.0. The largest absolute Gasteiger partial charge is 0.494 e. The predicted molar refractivity (Wildman–Crippen MR) is 374 cm³/mol. The van der Waals surface area contributed by atoms with Crippen molar-refractivity contribution in [2.24, 2.45) is 0 Å². The lowest BCUT2D eigenvalue weighted by Crippen LogP contribution is -2.41. The summed E-state index contributed by atoms with van der Waals surface area (Å²) in [5.74, 6) is 0. The Morgan fingerprint density at radius 3 is 0.807 bits per heavy atom. The minimum atomic E-state index is -0.377. The van der Waals surface area contributed by atoms with Crippen LogP contribution in [-0.4, -0.2) is 18.3 Å². The van der Waals surface area contributed by atoms with Crippen molar-refractivity contribution in [1.29, 1.82) is 0 Å². The molecule has 0 radical (unpaired) electrons. The summed E-state index contributed by atoms with van der Waals surface area (Å²) in [6.45, 7) is 8.32. The van der Waals surface area contributed by atoms with Gasteiger partial charge in [-0.1, -0.05) is 218 Å². The Bertz CT molecular complexity index is 4400. The van der Waals surface area contributed by atoms with Crippen LogP contribution >= 0.6 is 0 Å². The summed E-state index contributed by atoms with van der Waals surface area (Å²) in [6.07, 6.45) is 0. The van der Waals surface area contributed by atoms with Gasteiger partial charge < -0.3 is 24.0 Å². The molecule has 424 valence electrons. The Balaban J connectivity index is 0.000000203. The van der Waals surface area contributed by atoms with Gasteiger partial charge in [-0.25, -0.2) is 0 Å². The van der Waals surface area contributed by atoms with Crippen molar-refractivity contribution in [2.45, 2.75) is 38.9 Å². The lowest BCUT2D eigenvalue weighted by Gasteiger charge is -2.32. The average molecular weight is 1140 g/mol. The molecule has 0 amide bonds. The normalized spacial score (nSPS) is 13.3. The van der Waals surface area contributed by atoms with Crippen molar-refractivity contribution in [2.75, 3.05) is 14.7 Å². The summed E-state index contributed by atoms with van der Waals surface area (Å²) in [5.41, 5.74) is 15.1. The maximum atomic E-state index is 6.26. The molecule has 1 fully saturated rings. The summed E-state index contributed by atoms with van der Waals surface area (Å²) in [6, 6.07) is 117. The summed E-state index contributed by atoms with van der Waals surface area (Å²) >= 11 is 0. The van der Waals surface area contributed by atoms with Crippen LogP contribution in [0.3, 0.4) is 0 Å². The number of rotatable bonds is 12. The SMILES string of the molecule is CC1(C)OB(c2cccc(N(c3ccccc3)c3ccccc3)c2)OC1(C)C.c1ccc(N(c2ccccc2)c2cccc(-c3c4ccccc4c(-c4cccc(N(c5ccccc5)c5ccccc5)c4)c4c5ccccc5c5ccccc5c34)c2)cc1. The van der Waals surface area contributed by atoms with Gasteiger partial charge in [-0.05, 0) is 208 Å². The molecule has 1 aliphatic heterocycles. The van der Waals surface area contributed by atoms with Gasteiger partial charge in [0.2, 0.25) is 0 Å². The van der Waals surface area contributed by atoms with E-state index in [1.165, 1.54) is 65.3 Å². The number of para-hydroxylation sites is 6. The Morgan fingerprint density at radius 2 is 0.489 bits per heavy atom. The standard InChI is InChI=1S/C58H40N2.C24H26BNO2/c1-5-23-43(24-6-1)59(44-25-7-2-8-26-44)47-31-19-21-41(39-47)55-53-37-17-18-38-54(53)56(58-52-36-16-14-34-50(52)49-33-13-15-35-51(49)57(55)58)42-22-20-32-48(40-42)60(45-27-9-3-10-28-45)46-29-11-4-12-30-46;1-23(2)24(3,4)28-25(27-23)19-12-11-17-22(18-19)26(20-13-7-5-8-14-20)21-15-9-6-10-16-21/h1-40H;5-18H,1-4H3. The van der Waals surface area contributed by atoms with Crippen LogP contribution in [0, 0.1) is 0 Å². The fourth-order valence-corrected chi connectivity index (χ4v) is 12.6. The number of fused-ring (bicyclic) bond motifs is 7. The molecule has 0 aromatic heterocycles.